The smallest absolute Gasteiger partial charge is 0.457 e. The molecular weight excluding hydrogens is 246 g/mol. The van der Waals surface area contributed by atoms with E-state index in [0.29, 0.717) is 21.9 Å². The van der Waals surface area contributed by atoms with E-state index in [1.807, 2.05) is 0 Å². The van der Waals surface area contributed by atoms with Gasteiger partial charge >= 0.3 is 14.2 Å². The summed E-state index contributed by atoms with van der Waals surface area (Å²) in [7, 11) is -3.29. The number of para-hydroxylation sites is 2. The van der Waals surface area contributed by atoms with Crippen LogP contribution in [0.25, 0.3) is 21.9 Å². The van der Waals surface area contributed by atoms with Gasteiger partial charge in [0, 0.05) is 21.7 Å². The minimum atomic E-state index is -1.65. The molecule has 0 aliphatic rings. The van der Waals surface area contributed by atoms with Crippen molar-refractivity contribution in [1.29, 1.82) is 0 Å². The lowest BCUT2D eigenvalue weighted by molar-refractivity contribution is 0.425. The molecule has 2 aromatic carbocycles. The van der Waals surface area contributed by atoms with Gasteiger partial charge in [-0.1, -0.05) is 36.4 Å². The van der Waals surface area contributed by atoms with E-state index in [4.69, 9.17) is 4.42 Å². The van der Waals surface area contributed by atoms with E-state index < -0.39 is 14.2 Å². The number of rotatable bonds is 2. The summed E-state index contributed by atoms with van der Waals surface area (Å²) in [5.74, 6) is 0. The van der Waals surface area contributed by atoms with E-state index in [9.17, 15) is 20.1 Å². The maximum Gasteiger partial charge on any atom is 0.492 e. The van der Waals surface area contributed by atoms with Gasteiger partial charge in [0.05, 0.1) is 0 Å². The van der Waals surface area contributed by atoms with Crippen molar-refractivity contribution in [3.63, 3.8) is 0 Å². The second-order valence-corrected chi connectivity index (χ2v) is 4.30. The average Bonchev–Trinajstić information content (AvgIpc) is 2.76. The largest absolute Gasteiger partial charge is 0.492 e. The van der Waals surface area contributed by atoms with Gasteiger partial charge in [0.2, 0.25) is 0 Å². The molecule has 0 saturated carbocycles. The fraction of sp³-hybridized carbons (Fsp3) is 0. The quantitative estimate of drug-likeness (QED) is 0.439. The summed E-state index contributed by atoms with van der Waals surface area (Å²) in [5.41, 5.74) is 1.15. The predicted octanol–water partition coefficient (Wildman–Crippen LogP) is -1.05. The monoisotopic (exact) mass is 256 g/mol. The second kappa shape index (κ2) is 4.40. The number of hydrogen-bond donors (Lipinski definition) is 4. The summed E-state index contributed by atoms with van der Waals surface area (Å²) in [6, 6.07) is 10.0. The molecule has 0 aliphatic heterocycles. The molecule has 4 N–H and O–H groups in total. The number of benzene rings is 2. The molecule has 1 aromatic heterocycles. The highest BCUT2D eigenvalue weighted by molar-refractivity contribution is 6.63. The maximum absolute atomic E-state index is 9.32. The van der Waals surface area contributed by atoms with E-state index in [-0.39, 0.29) is 10.9 Å². The number of hydrogen-bond acceptors (Lipinski definition) is 5. The van der Waals surface area contributed by atoms with Crippen molar-refractivity contribution < 1.29 is 24.5 Å². The SMILES string of the molecule is OB(O)c1cccc2c1oc1c(B(O)O)cccc12. The summed E-state index contributed by atoms with van der Waals surface area (Å²) >= 11 is 0. The van der Waals surface area contributed by atoms with Gasteiger partial charge in [-0.25, -0.2) is 0 Å². The van der Waals surface area contributed by atoms with E-state index >= 15 is 0 Å². The third-order valence-corrected chi connectivity index (χ3v) is 3.14. The van der Waals surface area contributed by atoms with Crippen LogP contribution in [0.3, 0.4) is 0 Å². The van der Waals surface area contributed by atoms with E-state index in [1.165, 1.54) is 0 Å². The van der Waals surface area contributed by atoms with Crippen LogP contribution < -0.4 is 10.9 Å². The van der Waals surface area contributed by atoms with E-state index in [2.05, 4.69) is 0 Å². The van der Waals surface area contributed by atoms with Crippen LogP contribution in [0.2, 0.25) is 0 Å². The minimum Gasteiger partial charge on any atom is -0.457 e. The van der Waals surface area contributed by atoms with Crippen molar-refractivity contribution in [2.45, 2.75) is 0 Å². The van der Waals surface area contributed by atoms with Gasteiger partial charge < -0.3 is 24.5 Å². The van der Waals surface area contributed by atoms with Gasteiger partial charge in [0.15, 0.2) is 0 Å². The molecule has 0 unspecified atom stereocenters. The summed E-state index contributed by atoms with van der Waals surface area (Å²) in [6.45, 7) is 0. The summed E-state index contributed by atoms with van der Waals surface area (Å²) < 4.78 is 5.60. The molecule has 3 rings (SSSR count). The van der Waals surface area contributed by atoms with Crippen LogP contribution in [0.1, 0.15) is 0 Å². The van der Waals surface area contributed by atoms with Crippen LogP contribution in [0, 0.1) is 0 Å². The van der Waals surface area contributed by atoms with Crippen molar-refractivity contribution in [3.8, 4) is 0 Å². The molecule has 0 amide bonds. The molecule has 3 aromatic rings. The molecule has 0 bridgehead atoms. The van der Waals surface area contributed by atoms with E-state index in [1.54, 1.807) is 36.4 Å². The molecule has 7 heteroatoms. The second-order valence-electron chi connectivity index (χ2n) is 4.30. The normalized spacial score (nSPS) is 11.2. The van der Waals surface area contributed by atoms with Gasteiger partial charge in [0.25, 0.3) is 0 Å². The molecule has 0 radical (unpaired) electrons. The van der Waals surface area contributed by atoms with Crippen LogP contribution in [0.5, 0.6) is 0 Å². The zero-order valence-corrected chi connectivity index (χ0v) is 9.82. The topological polar surface area (TPSA) is 94.1 Å². The fourth-order valence-corrected chi connectivity index (χ4v) is 2.27. The maximum atomic E-state index is 9.32. The highest BCUT2D eigenvalue weighted by atomic mass is 16.4. The first-order chi connectivity index (χ1) is 9.09. The molecular formula is C12H10B2O5. The Hall–Kier alpha value is -1.79. The molecule has 0 spiro atoms. The molecule has 94 valence electrons. The lowest BCUT2D eigenvalue weighted by atomic mass is 9.78. The number of furan rings is 1. The summed E-state index contributed by atoms with van der Waals surface area (Å²) in [6.07, 6.45) is 0. The molecule has 0 fully saturated rings. The fourth-order valence-electron chi connectivity index (χ4n) is 2.27. The van der Waals surface area contributed by atoms with Gasteiger partial charge in [-0.2, -0.15) is 0 Å². The summed E-state index contributed by atoms with van der Waals surface area (Å²) in [5, 5.41) is 38.7. The first-order valence-electron chi connectivity index (χ1n) is 5.76. The minimum absolute atomic E-state index is 0.243. The standard InChI is InChI=1S/C12H10B2O5/c15-13(16)9-5-1-3-7-8-4-2-6-10(14(17)18)12(8)19-11(7)9/h1-6,15-18H. The Labute approximate surface area is 109 Å². The molecule has 5 nitrogen and oxygen atoms in total. The van der Waals surface area contributed by atoms with Gasteiger partial charge in [-0.15, -0.1) is 0 Å². The lowest BCUT2D eigenvalue weighted by Crippen LogP contribution is -2.30. The predicted molar refractivity (Wildman–Crippen MR) is 73.4 cm³/mol. The van der Waals surface area contributed by atoms with Gasteiger partial charge in [-0.3, -0.25) is 0 Å². The van der Waals surface area contributed by atoms with Crippen molar-refractivity contribution in [2.75, 3.05) is 0 Å². The third kappa shape index (κ3) is 1.84. The highest BCUT2D eigenvalue weighted by Crippen LogP contribution is 2.26. The first-order valence-corrected chi connectivity index (χ1v) is 5.76. The average molecular weight is 256 g/mol. The Bertz CT molecular complexity index is 688. The Kier molecular flexibility index (Phi) is 2.83. The zero-order valence-electron chi connectivity index (χ0n) is 9.82. The molecule has 1 heterocycles. The first kappa shape index (κ1) is 12.3. The van der Waals surface area contributed by atoms with Crippen molar-refractivity contribution in [2.24, 2.45) is 0 Å². The van der Waals surface area contributed by atoms with Crippen LogP contribution >= 0.6 is 0 Å². The van der Waals surface area contributed by atoms with Crippen LogP contribution in [0.15, 0.2) is 40.8 Å². The van der Waals surface area contributed by atoms with Gasteiger partial charge in [-0.05, 0) is 0 Å². The van der Waals surface area contributed by atoms with Crippen LogP contribution in [0.4, 0.5) is 0 Å². The Morgan fingerprint density at radius 2 is 1.11 bits per heavy atom. The molecule has 19 heavy (non-hydrogen) atoms. The molecule has 0 aliphatic carbocycles. The molecule has 0 saturated heterocycles. The lowest BCUT2D eigenvalue weighted by Gasteiger charge is -1.99. The van der Waals surface area contributed by atoms with Crippen LogP contribution in [-0.2, 0) is 0 Å². The Morgan fingerprint density at radius 3 is 1.47 bits per heavy atom. The third-order valence-electron chi connectivity index (χ3n) is 3.14. The van der Waals surface area contributed by atoms with Gasteiger partial charge in [0.1, 0.15) is 11.2 Å². The van der Waals surface area contributed by atoms with Crippen molar-refractivity contribution >= 4 is 47.1 Å². The van der Waals surface area contributed by atoms with Crippen molar-refractivity contribution in [3.05, 3.63) is 36.4 Å². The van der Waals surface area contributed by atoms with Crippen molar-refractivity contribution in [1.82, 2.24) is 0 Å². The highest BCUT2D eigenvalue weighted by Gasteiger charge is 2.22. The molecule has 0 atom stereocenters. The number of fused-ring (bicyclic) bond motifs is 3. The summed E-state index contributed by atoms with van der Waals surface area (Å²) in [4.78, 5) is 0. The zero-order chi connectivity index (χ0) is 13.6. The Balaban J connectivity index is 2.44. The Morgan fingerprint density at radius 1 is 0.684 bits per heavy atom. The van der Waals surface area contributed by atoms with Crippen LogP contribution in [-0.4, -0.2) is 34.3 Å². The van der Waals surface area contributed by atoms with E-state index in [0.717, 1.165) is 0 Å².